The van der Waals surface area contributed by atoms with Gasteiger partial charge >= 0.3 is 0 Å². The van der Waals surface area contributed by atoms with Crippen molar-refractivity contribution >= 4 is 10.0 Å². The van der Waals surface area contributed by atoms with Crippen molar-refractivity contribution in [1.82, 2.24) is 0 Å². The Morgan fingerprint density at radius 3 is 2.33 bits per heavy atom. The predicted molar refractivity (Wildman–Crippen MR) is 34.2 cm³/mol. The topological polar surface area (TPSA) is 38.6 Å². The summed E-state index contributed by atoms with van der Waals surface area (Å²) in [5.41, 5.74) is 0. The summed E-state index contributed by atoms with van der Waals surface area (Å²) in [5.74, 6) is 0. The highest BCUT2D eigenvalue weighted by Crippen LogP contribution is 2.03. The Morgan fingerprint density at radius 1 is 1.67 bits per heavy atom. The molecular weight excluding hydrogens is 138 g/mol. The van der Waals surface area contributed by atoms with Crippen LogP contribution >= 0.6 is 0 Å². The van der Waals surface area contributed by atoms with Gasteiger partial charge in [0.15, 0.2) is 0 Å². The van der Waals surface area contributed by atoms with Crippen LogP contribution in [0.3, 0.4) is 0 Å². The second-order valence-electron chi connectivity index (χ2n) is 2.43. The molecule has 9 heavy (non-hydrogen) atoms. The van der Waals surface area contributed by atoms with E-state index >= 15 is 0 Å². The lowest BCUT2D eigenvalue weighted by atomic mass is 10.3. The third kappa shape index (κ3) is 0.966. The number of rotatable bonds is 0. The van der Waals surface area contributed by atoms with E-state index in [9.17, 15) is 8.42 Å². The van der Waals surface area contributed by atoms with E-state index in [0.717, 1.165) is 6.42 Å². The highest BCUT2D eigenvalue weighted by atomic mass is 32.2. The lowest BCUT2D eigenvalue weighted by Gasteiger charge is -2.11. The van der Waals surface area contributed by atoms with Crippen molar-refractivity contribution in [3.05, 3.63) is 7.05 Å². The molecule has 1 N–H and O–H groups in total. The zero-order valence-electron chi connectivity index (χ0n) is 5.42. The number of nitrogens with one attached hydrogen (secondary N) is 1. The van der Waals surface area contributed by atoms with Gasteiger partial charge in [-0.15, -0.1) is 7.05 Å². The maximum absolute atomic E-state index is 11.0. The second-order valence-corrected chi connectivity index (χ2v) is 4.91. The predicted octanol–water partition coefficient (Wildman–Crippen LogP) is -1.22. The summed E-state index contributed by atoms with van der Waals surface area (Å²) >= 11 is 0. The van der Waals surface area contributed by atoms with Gasteiger partial charge in [0.25, 0.3) is 10.0 Å². The fourth-order valence-corrected chi connectivity index (χ4v) is 2.35. The molecule has 0 aromatic rings. The smallest absolute Gasteiger partial charge is 0.273 e. The summed E-state index contributed by atoms with van der Waals surface area (Å²) in [4.78, 5) is 0. The van der Waals surface area contributed by atoms with Crippen molar-refractivity contribution in [1.29, 1.82) is 0 Å². The zero-order chi connectivity index (χ0) is 7.07. The second kappa shape index (κ2) is 1.95. The van der Waals surface area contributed by atoms with Crippen LogP contribution in [0.5, 0.6) is 0 Å². The quantitative estimate of drug-likeness (QED) is 0.439. The summed E-state index contributed by atoms with van der Waals surface area (Å²) in [6.45, 7) is 2.39. The summed E-state index contributed by atoms with van der Waals surface area (Å²) in [7, 11) is 0.571. The first-order chi connectivity index (χ1) is 4.05. The van der Waals surface area contributed by atoms with Crippen LogP contribution in [0.1, 0.15) is 13.3 Å². The Morgan fingerprint density at radius 2 is 2.22 bits per heavy atom. The molecule has 0 spiro atoms. The molecule has 0 amide bonds. The number of quaternary nitrogens is 1. The van der Waals surface area contributed by atoms with Gasteiger partial charge in [-0.1, -0.05) is 0 Å². The Balaban J connectivity index is 2.93. The van der Waals surface area contributed by atoms with Crippen LogP contribution < -0.4 is 4.31 Å². The van der Waals surface area contributed by atoms with E-state index in [1.165, 1.54) is 0 Å². The van der Waals surface area contributed by atoms with Gasteiger partial charge in [-0.3, -0.25) is 0 Å². The van der Waals surface area contributed by atoms with E-state index in [1.807, 2.05) is 0 Å². The van der Waals surface area contributed by atoms with E-state index in [1.54, 1.807) is 6.92 Å². The van der Waals surface area contributed by atoms with Crippen molar-refractivity contribution in [3.63, 3.8) is 0 Å². The summed E-state index contributed by atoms with van der Waals surface area (Å²) in [6, 6.07) is 0. The minimum atomic E-state index is -2.90. The van der Waals surface area contributed by atoms with Gasteiger partial charge in [0, 0.05) is 6.42 Å². The molecule has 1 saturated heterocycles. The van der Waals surface area contributed by atoms with Crippen molar-refractivity contribution in [2.75, 3.05) is 6.54 Å². The van der Waals surface area contributed by atoms with Crippen LogP contribution in [0.25, 0.3) is 0 Å². The molecule has 0 aliphatic carbocycles. The van der Waals surface area contributed by atoms with Crippen LogP contribution in [0, 0.1) is 7.05 Å². The Kier molecular flexibility index (Phi) is 1.52. The molecule has 54 valence electrons. The van der Waals surface area contributed by atoms with Gasteiger partial charge in [0.05, 0.1) is 6.54 Å². The van der Waals surface area contributed by atoms with Crippen molar-refractivity contribution in [2.24, 2.45) is 0 Å². The summed E-state index contributed by atoms with van der Waals surface area (Å²) in [5, 5.41) is -0.190. The van der Waals surface area contributed by atoms with E-state index in [4.69, 9.17) is 0 Å². The molecule has 1 aliphatic heterocycles. The molecule has 0 aromatic carbocycles. The van der Waals surface area contributed by atoms with Crippen molar-refractivity contribution in [2.45, 2.75) is 18.6 Å². The van der Waals surface area contributed by atoms with Crippen LogP contribution in [0.4, 0.5) is 0 Å². The van der Waals surface area contributed by atoms with Gasteiger partial charge in [0.1, 0.15) is 5.25 Å². The van der Waals surface area contributed by atoms with Crippen molar-refractivity contribution < 1.29 is 12.7 Å². The highest BCUT2D eigenvalue weighted by molar-refractivity contribution is 7.85. The molecule has 0 radical (unpaired) electrons. The fourth-order valence-electron chi connectivity index (χ4n) is 0.946. The Bertz CT molecular complexity index is 181. The molecule has 3 nitrogen and oxygen atoms in total. The molecule has 2 unspecified atom stereocenters. The Labute approximate surface area is 55.7 Å². The minimum absolute atomic E-state index is 0.190. The molecule has 0 saturated carbocycles. The molecule has 4 heteroatoms. The van der Waals surface area contributed by atoms with Gasteiger partial charge < -0.3 is 4.31 Å². The molecule has 1 heterocycles. The van der Waals surface area contributed by atoms with E-state index < -0.39 is 10.0 Å². The van der Waals surface area contributed by atoms with Crippen LogP contribution in [-0.2, 0) is 10.0 Å². The highest BCUT2D eigenvalue weighted by Gasteiger charge is 2.32. The third-order valence-corrected chi connectivity index (χ3v) is 4.07. The average Bonchev–Trinajstić information content (AvgIpc) is 1.96. The lowest BCUT2D eigenvalue weighted by Crippen LogP contribution is -3.06. The fraction of sp³-hybridized carbons (Fsp3) is 0.800. The van der Waals surface area contributed by atoms with Crippen molar-refractivity contribution in [3.8, 4) is 0 Å². The molecule has 0 bridgehead atoms. The van der Waals surface area contributed by atoms with Gasteiger partial charge in [-0.05, 0) is 6.92 Å². The maximum atomic E-state index is 11.0. The Hall–Kier alpha value is -0.0900. The first-order valence-corrected chi connectivity index (χ1v) is 4.51. The van der Waals surface area contributed by atoms with Crippen LogP contribution in [0.2, 0.25) is 0 Å². The van der Waals surface area contributed by atoms with Crippen LogP contribution in [0.15, 0.2) is 0 Å². The number of hydrogen-bond acceptors (Lipinski definition) is 2. The van der Waals surface area contributed by atoms with E-state index in [0.29, 0.717) is 10.8 Å². The molecular formula is C5H11NO2S. The first-order valence-electron chi connectivity index (χ1n) is 2.97. The molecule has 2 atom stereocenters. The van der Waals surface area contributed by atoms with E-state index in [2.05, 4.69) is 7.05 Å². The normalized spacial score (nSPS) is 41.1. The number of sulfonamides is 1. The van der Waals surface area contributed by atoms with E-state index in [-0.39, 0.29) is 5.25 Å². The summed E-state index contributed by atoms with van der Waals surface area (Å²) in [6.07, 6.45) is 0.751. The standard InChI is InChI=1S/C5H11NO2S/c1-5-3-4-6(2)9(5,7)8/h5-6H,2-4H2,1H3. The summed E-state index contributed by atoms with van der Waals surface area (Å²) < 4.78 is 22.4. The first kappa shape index (κ1) is 7.02. The maximum Gasteiger partial charge on any atom is 0.273 e. The average molecular weight is 149 g/mol. The molecule has 1 fully saturated rings. The van der Waals surface area contributed by atoms with Gasteiger partial charge in [0.2, 0.25) is 0 Å². The largest absolute Gasteiger partial charge is 0.360 e. The molecule has 1 aliphatic rings. The monoisotopic (exact) mass is 149 g/mol. The SMILES string of the molecule is [CH2-][NH+]1CCC(C)S1(=O)=O. The van der Waals surface area contributed by atoms with Gasteiger partial charge in [-0.25, -0.2) is 0 Å². The zero-order valence-corrected chi connectivity index (χ0v) is 6.24. The van der Waals surface area contributed by atoms with Crippen LogP contribution in [-0.4, -0.2) is 20.2 Å². The molecule has 1 rings (SSSR count). The van der Waals surface area contributed by atoms with Gasteiger partial charge in [-0.2, -0.15) is 8.42 Å². The minimum Gasteiger partial charge on any atom is -0.360 e. The lowest BCUT2D eigenvalue weighted by molar-refractivity contribution is -0.706. The number of hydrogen-bond donors (Lipinski definition) is 1. The molecule has 0 aromatic heterocycles. The third-order valence-electron chi connectivity index (χ3n) is 1.76.